The normalized spacial score (nSPS) is 24.4. The summed E-state index contributed by atoms with van der Waals surface area (Å²) in [5.74, 6) is 2.36. The average Bonchev–Trinajstić information content (AvgIpc) is 3.14. The van der Waals surface area contributed by atoms with Crippen molar-refractivity contribution < 1.29 is 4.79 Å². The fourth-order valence-corrected chi connectivity index (χ4v) is 5.85. The van der Waals surface area contributed by atoms with Gasteiger partial charge in [0.1, 0.15) is 5.82 Å². The summed E-state index contributed by atoms with van der Waals surface area (Å²) >= 11 is 0. The minimum Gasteiger partial charge on any atom is -0.356 e. The van der Waals surface area contributed by atoms with Crippen LogP contribution in [0.4, 0.5) is 11.8 Å². The van der Waals surface area contributed by atoms with Crippen LogP contribution in [0.15, 0.2) is 12.3 Å². The number of hydrogen-bond acceptors (Lipinski definition) is 6. The van der Waals surface area contributed by atoms with Gasteiger partial charge in [0.2, 0.25) is 11.9 Å². The third-order valence-corrected chi connectivity index (χ3v) is 7.79. The highest BCUT2D eigenvalue weighted by molar-refractivity contribution is 5.78. The Kier molecular flexibility index (Phi) is 8.82. The molecule has 3 fully saturated rings. The Morgan fingerprint density at radius 1 is 1.06 bits per heavy atom. The largest absolute Gasteiger partial charge is 0.356 e. The van der Waals surface area contributed by atoms with E-state index in [1.54, 1.807) is 0 Å². The van der Waals surface area contributed by atoms with Crippen molar-refractivity contribution in [3.63, 3.8) is 0 Å². The van der Waals surface area contributed by atoms with Gasteiger partial charge >= 0.3 is 0 Å². The average molecular weight is 457 g/mol. The number of aromatic nitrogens is 2. The van der Waals surface area contributed by atoms with Crippen molar-refractivity contribution in [2.75, 3.05) is 49.5 Å². The van der Waals surface area contributed by atoms with Crippen molar-refractivity contribution in [3.8, 4) is 0 Å². The topological polar surface area (TPSA) is 64.6 Å². The Labute approximate surface area is 200 Å². The van der Waals surface area contributed by atoms with Gasteiger partial charge in [-0.05, 0) is 57.6 Å². The van der Waals surface area contributed by atoms with Crippen LogP contribution >= 0.6 is 0 Å². The molecule has 1 amide bonds. The molecular weight excluding hydrogens is 412 g/mol. The predicted octanol–water partition coefficient (Wildman–Crippen LogP) is 4.16. The summed E-state index contributed by atoms with van der Waals surface area (Å²) in [6.07, 6.45) is 13.7. The Morgan fingerprint density at radius 3 is 2.55 bits per heavy atom. The molecule has 1 N–H and O–H groups in total. The molecule has 0 radical (unpaired) electrons. The maximum atomic E-state index is 12.7. The highest BCUT2D eigenvalue weighted by Gasteiger charge is 2.31. The van der Waals surface area contributed by atoms with Crippen LogP contribution in [-0.4, -0.2) is 77.0 Å². The molecule has 3 aliphatic heterocycles. The summed E-state index contributed by atoms with van der Waals surface area (Å²) in [5, 5.41) is 3.65. The fourth-order valence-electron chi connectivity index (χ4n) is 5.85. The summed E-state index contributed by atoms with van der Waals surface area (Å²) in [7, 11) is 0. The molecule has 184 valence electrons. The molecule has 4 heterocycles. The molecule has 2 unspecified atom stereocenters. The van der Waals surface area contributed by atoms with E-state index in [0.717, 1.165) is 76.7 Å². The molecule has 2 atom stereocenters. The molecule has 3 aliphatic rings. The van der Waals surface area contributed by atoms with E-state index in [0.29, 0.717) is 18.0 Å². The first-order valence-corrected chi connectivity index (χ1v) is 13.5. The van der Waals surface area contributed by atoms with E-state index in [9.17, 15) is 4.79 Å². The molecule has 0 aromatic carbocycles. The van der Waals surface area contributed by atoms with Crippen molar-refractivity contribution >= 4 is 17.7 Å². The first-order valence-electron chi connectivity index (χ1n) is 13.5. The number of carbonyl (C=O) groups is 1. The smallest absolute Gasteiger partial charge is 0.225 e. The Hall–Kier alpha value is -1.89. The van der Waals surface area contributed by atoms with E-state index < -0.39 is 0 Å². The minimum absolute atomic E-state index is 0.167. The monoisotopic (exact) mass is 456 g/mol. The zero-order chi connectivity index (χ0) is 23.0. The van der Waals surface area contributed by atoms with Crippen LogP contribution in [0.5, 0.6) is 0 Å². The van der Waals surface area contributed by atoms with Crippen LogP contribution in [0, 0.1) is 5.92 Å². The molecule has 0 spiro atoms. The van der Waals surface area contributed by atoms with Gasteiger partial charge in [-0.25, -0.2) is 4.98 Å². The van der Waals surface area contributed by atoms with Gasteiger partial charge in [-0.1, -0.05) is 33.1 Å². The fraction of sp³-hybridized carbons (Fsp3) is 0.808. The molecule has 33 heavy (non-hydrogen) atoms. The SMILES string of the molecule is CCCC(C)C(=O)N1CCC(N2CCCC(Nc3nccc(N4CCCCCC4)n3)C2)CC1. The van der Waals surface area contributed by atoms with Crippen molar-refractivity contribution in [3.05, 3.63) is 12.3 Å². The number of nitrogens with one attached hydrogen (secondary N) is 1. The summed E-state index contributed by atoms with van der Waals surface area (Å²) < 4.78 is 0. The van der Waals surface area contributed by atoms with Gasteiger partial charge in [-0.3, -0.25) is 9.69 Å². The number of anilines is 2. The number of piperidine rings is 2. The maximum absolute atomic E-state index is 12.7. The molecule has 0 saturated carbocycles. The summed E-state index contributed by atoms with van der Waals surface area (Å²) in [6, 6.07) is 3.03. The van der Waals surface area contributed by atoms with Crippen LogP contribution in [0.1, 0.15) is 78.1 Å². The second kappa shape index (κ2) is 12.0. The number of rotatable bonds is 7. The number of carbonyl (C=O) groups excluding carboxylic acids is 1. The molecular formula is C26H44N6O. The zero-order valence-electron chi connectivity index (χ0n) is 20.8. The standard InChI is InChI=1S/C26H44N6O/c1-3-9-21(2)25(33)31-18-12-23(13-19-31)32-17-8-10-22(20-32)28-26-27-14-11-24(29-26)30-15-6-4-5-7-16-30/h11,14,21-23H,3-10,12-13,15-20H2,1-2H3,(H,27,28,29). The first kappa shape index (κ1) is 24.2. The summed E-state index contributed by atoms with van der Waals surface area (Å²) in [5.41, 5.74) is 0. The lowest BCUT2D eigenvalue weighted by Crippen LogP contribution is -2.52. The van der Waals surface area contributed by atoms with Crippen molar-refractivity contribution in [2.24, 2.45) is 5.92 Å². The highest BCUT2D eigenvalue weighted by atomic mass is 16.2. The van der Waals surface area contributed by atoms with Crippen LogP contribution < -0.4 is 10.2 Å². The van der Waals surface area contributed by atoms with Crippen LogP contribution in [0.2, 0.25) is 0 Å². The van der Waals surface area contributed by atoms with E-state index in [4.69, 9.17) is 4.98 Å². The molecule has 1 aromatic rings. The predicted molar refractivity (Wildman–Crippen MR) is 135 cm³/mol. The van der Waals surface area contributed by atoms with Gasteiger partial charge < -0.3 is 15.1 Å². The third kappa shape index (κ3) is 6.58. The molecule has 7 nitrogen and oxygen atoms in total. The van der Waals surface area contributed by atoms with E-state index in [-0.39, 0.29) is 5.92 Å². The third-order valence-electron chi connectivity index (χ3n) is 7.79. The van der Waals surface area contributed by atoms with E-state index in [1.807, 2.05) is 6.20 Å². The number of amides is 1. The molecule has 7 heteroatoms. The second-order valence-electron chi connectivity index (χ2n) is 10.4. The Balaban J connectivity index is 1.28. The number of likely N-dealkylation sites (tertiary alicyclic amines) is 2. The quantitative estimate of drug-likeness (QED) is 0.665. The van der Waals surface area contributed by atoms with E-state index in [1.165, 1.54) is 38.5 Å². The summed E-state index contributed by atoms with van der Waals surface area (Å²) in [4.78, 5) is 29.3. The van der Waals surface area contributed by atoms with Gasteiger partial charge in [-0.2, -0.15) is 4.98 Å². The summed E-state index contributed by atoms with van der Waals surface area (Å²) in [6.45, 7) is 10.5. The molecule has 0 aliphatic carbocycles. The van der Waals surface area contributed by atoms with Gasteiger partial charge in [0.15, 0.2) is 0 Å². The lowest BCUT2D eigenvalue weighted by atomic mass is 9.96. The van der Waals surface area contributed by atoms with E-state index in [2.05, 4.69) is 44.9 Å². The lowest BCUT2D eigenvalue weighted by Gasteiger charge is -2.42. The van der Waals surface area contributed by atoms with Crippen LogP contribution in [0.25, 0.3) is 0 Å². The zero-order valence-corrected chi connectivity index (χ0v) is 20.8. The van der Waals surface area contributed by atoms with Gasteiger partial charge in [0, 0.05) is 56.9 Å². The van der Waals surface area contributed by atoms with Gasteiger partial charge in [0.05, 0.1) is 0 Å². The first-order chi connectivity index (χ1) is 16.1. The Bertz CT molecular complexity index is 742. The second-order valence-corrected chi connectivity index (χ2v) is 10.4. The Morgan fingerprint density at radius 2 is 1.82 bits per heavy atom. The van der Waals surface area contributed by atoms with E-state index >= 15 is 0 Å². The van der Waals surface area contributed by atoms with Crippen LogP contribution in [0.3, 0.4) is 0 Å². The van der Waals surface area contributed by atoms with Gasteiger partial charge in [0.25, 0.3) is 0 Å². The molecule has 0 bridgehead atoms. The lowest BCUT2D eigenvalue weighted by molar-refractivity contribution is -0.136. The van der Waals surface area contributed by atoms with Crippen molar-refractivity contribution in [1.29, 1.82) is 0 Å². The highest BCUT2D eigenvalue weighted by Crippen LogP contribution is 2.24. The van der Waals surface area contributed by atoms with Crippen molar-refractivity contribution in [1.82, 2.24) is 19.8 Å². The molecule has 4 rings (SSSR count). The maximum Gasteiger partial charge on any atom is 0.225 e. The van der Waals surface area contributed by atoms with Crippen molar-refractivity contribution in [2.45, 2.75) is 90.1 Å². The minimum atomic E-state index is 0.167. The van der Waals surface area contributed by atoms with Crippen LogP contribution in [-0.2, 0) is 4.79 Å². The molecule has 1 aromatic heterocycles. The van der Waals surface area contributed by atoms with Gasteiger partial charge in [-0.15, -0.1) is 0 Å². The number of hydrogen-bond donors (Lipinski definition) is 1. The molecule has 3 saturated heterocycles. The number of nitrogens with zero attached hydrogens (tertiary/aromatic N) is 5.